The van der Waals surface area contributed by atoms with Crippen LogP contribution in [-0.4, -0.2) is 43.1 Å². The molecule has 4 heteroatoms. The number of ether oxygens (including phenoxy) is 1. The van der Waals surface area contributed by atoms with Crippen LogP contribution >= 0.6 is 0 Å². The molecule has 0 aliphatic carbocycles. The molecule has 1 fully saturated rings. The molecule has 116 valence electrons. The highest BCUT2D eigenvalue weighted by Crippen LogP contribution is 2.20. The van der Waals surface area contributed by atoms with Crippen LogP contribution in [0.25, 0.3) is 0 Å². The SMILES string of the molecule is CCc1ccccc1OC(C)C(=O)NC1CCN(C)CC1. The highest BCUT2D eigenvalue weighted by Gasteiger charge is 2.22. The van der Waals surface area contributed by atoms with Crippen molar-refractivity contribution in [3.8, 4) is 5.75 Å². The summed E-state index contributed by atoms with van der Waals surface area (Å²) in [7, 11) is 2.12. The molecular weight excluding hydrogens is 264 g/mol. The van der Waals surface area contributed by atoms with Gasteiger partial charge in [-0.25, -0.2) is 0 Å². The summed E-state index contributed by atoms with van der Waals surface area (Å²) in [6.07, 6.45) is 2.47. The number of benzene rings is 1. The van der Waals surface area contributed by atoms with E-state index >= 15 is 0 Å². The summed E-state index contributed by atoms with van der Waals surface area (Å²) in [5, 5.41) is 3.11. The zero-order valence-corrected chi connectivity index (χ0v) is 13.3. The fourth-order valence-corrected chi connectivity index (χ4v) is 2.63. The molecule has 1 saturated heterocycles. The van der Waals surface area contributed by atoms with Gasteiger partial charge in [0.2, 0.25) is 0 Å². The molecule has 1 aliphatic rings. The fourth-order valence-electron chi connectivity index (χ4n) is 2.63. The lowest BCUT2D eigenvalue weighted by Gasteiger charge is -2.30. The summed E-state index contributed by atoms with van der Waals surface area (Å²) in [4.78, 5) is 14.5. The van der Waals surface area contributed by atoms with Crippen LogP contribution < -0.4 is 10.1 Å². The second-order valence-electron chi connectivity index (χ2n) is 5.81. The number of amides is 1. The highest BCUT2D eigenvalue weighted by molar-refractivity contribution is 5.81. The van der Waals surface area contributed by atoms with Gasteiger partial charge in [0.15, 0.2) is 6.10 Å². The van der Waals surface area contributed by atoms with Crippen molar-refractivity contribution in [2.75, 3.05) is 20.1 Å². The predicted octanol–water partition coefficient (Wildman–Crippen LogP) is 2.23. The van der Waals surface area contributed by atoms with Crippen LogP contribution in [0, 0.1) is 0 Å². The molecule has 1 unspecified atom stereocenters. The average Bonchev–Trinajstić information content (AvgIpc) is 2.50. The number of para-hydroxylation sites is 1. The molecule has 0 aromatic heterocycles. The highest BCUT2D eigenvalue weighted by atomic mass is 16.5. The number of nitrogens with zero attached hydrogens (tertiary/aromatic N) is 1. The quantitative estimate of drug-likeness (QED) is 0.904. The van der Waals surface area contributed by atoms with Crippen molar-refractivity contribution < 1.29 is 9.53 Å². The molecule has 0 spiro atoms. The molecule has 1 aromatic carbocycles. The van der Waals surface area contributed by atoms with E-state index in [2.05, 4.69) is 24.2 Å². The number of piperidine rings is 1. The van der Waals surface area contributed by atoms with Crippen molar-refractivity contribution in [3.63, 3.8) is 0 Å². The Balaban J connectivity index is 1.87. The zero-order chi connectivity index (χ0) is 15.2. The first-order valence-electron chi connectivity index (χ1n) is 7.83. The maximum absolute atomic E-state index is 12.2. The van der Waals surface area contributed by atoms with Crippen molar-refractivity contribution in [1.29, 1.82) is 0 Å². The van der Waals surface area contributed by atoms with Crippen molar-refractivity contribution >= 4 is 5.91 Å². The molecule has 0 radical (unpaired) electrons. The standard InChI is InChI=1S/C17H26N2O2/c1-4-14-7-5-6-8-16(14)21-13(2)17(20)18-15-9-11-19(3)12-10-15/h5-8,13,15H,4,9-12H2,1-3H3,(H,18,20). The number of aryl methyl sites for hydroxylation is 1. The summed E-state index contributed by atoms with van der Waals surface area (Å²) >= 11 is 0. The van der Waals surface area contributed by atoms with Crippen molar-refractivity contribution in [1.82, 2.24) is 10.2 Å². The van der Waals surface area contributed by atoms with E-state index in [1.54, 1.807) is 0 Å². The predicted molar refractivity (Wildman–Crippen MR) is 84.6 cm³/mol. The van der Waals surface area contributed by atoms with Gasteiger partial charge in [-0.3, -0.25) is 4.79 Å². The Morgan fingerprint density at radius 2 is 2.05 bits per heavy atom. The summed E-state index contributed by atoms with van der Waals surface area (Å²) in [6, 6.07) is 8.18. The summed E-state index contributed by atoms with van der Waals surface area (Å²) in [5.74, 6) is 0.793. The monoisotopic (exact) mass is 290 g/mol. The lowest BCUT2D eigenvalue weighted by Crippen LogP contribution is -2.47. The third kappa shape index (κ3) is 4.46. The normalized spacial score (nSPS) is 18.2. The molecule has 1 N–H and O–H groups in total. The van der Waals surface area contributed by atoms with E-state index in [1.165, 1.54) is 0 Å². The van der Waals surface area contributed by atoms with E-state index in [-0.39, 0.29) is 11.9 Å². The molecule has 1 atom stereocenters. The molecule has 4 nitrogen and oxygen atoms in total. The first kappa shape index (κ1) is 15.8. The second-order valence-corrected chi connectivity index (χ2v) is 5.81. The summed E-state index contributed by atoms with van der Waals surface area (Å²) in [5.41, 5.74) is 1.14. The maximum Gasteiger partial charge on any atom is 0.260 e. The van der Waals surface area contributed by atoms with Gasteiger partial charge in [-0.1, -0.05) is 25.1 Å². The van der Waals surface area contributed by atoms with Gasteiger partial charge in [0.25, 0.3) is 5.91 Å². The summed E-state index contributed by atoms with van der Waals surface area (Å²) < 4.78 is 5.84. The van der Waals surface area contributed by atoms with Gasteiger partial charge in [-0.05, 0) is 58.0 Å². The second kappa shape index (κ2) is 7.46. The van der Waals surface area contributed by atoms with E-state index in [9.17, 15) is 4.79 Å². The van der Waals surface area contributed by atoms with E-state index in [0.717, 1.165) is 43.7 Å². The fraction of sp³-hybridized carbons (Fsp3) is 0.588. The Labute approximate surface area is 127 Å². The van der Waals surface area contributed by atoms with Crippen molar-refractivity contribution in [3.05, 3.63) is 29.8 Å². The Hall–Kier alpha value is -1.55. The first-order valence-corrected chi connectivity index (χ1v) is 7.83. The summed E-state index contributed by atoms with van der Waals surface area (Å²) in [6.45, 7) is 5.99. The van der Waals surface area contributed by atoms with Crippen LogP contribution in [0.2, 0.25) is 0 Å². The van der Waals surface area contributed by atoms with Crippen LogP contribution in [0.5, 0.6) is 5.75 Å². The van der Waals surface area contributed by atoms with E-state index in [4.69, 9.17) is 4.74 Å². The first-order chi connectivity index (χ1) is 10.1. The smallest absolute Gasteiger partial charge is 0.260 e. The van der Waals surface area contributed by atoms with Gasteiger partial charge in [0, 0.05) is 6.04 Å². The minimum absolute atomic E-state index is 0.0181. The Morgan fingerprint density at radius 1 is 1.38 bits per heavy atom. The van der Waals surface area contributed by atoms with Crippen molar-refractivity contribution in [2.45, 2.75) is 45.3 Å². The van der Waals surface area contributed by atoms with Crippen molar-refractivity contribution in [2.24, 2.45) is 0 Å². The van der Waals surface area contributed by atoms with Crippen LogP contribution in [0.3, 0.4) is 0 Å². The van der Waals surface area contributed by atoms with Gasteiger partial charge in [-0.2, -0.15) is 0 Å². The number of carbonyl (C=O) groups excluding carboxylic acids is 1. The minimum Gasteiger partial charge on any atom is -0.481 e. The Kier molecular flexibility index (Phi) is 5.62. The maximum atomic E-state index is 12.2. The van der Waals surface area contributed by atoms with Crippen LogP contribution in [0.15, 0.2) is 24.3 Å². The molecule has 1 aliphatic heterocycles. The Bertz CT molecular complexity index is 468. The molecule has 1 amide bonds. The van der Waals surface area contributed by atoms with E-state index in [1.807, 2.05) is 31.2 Å². The van der Waals surface area contributed by atoms with E-state index < -0.39 is 6.10 Å². The van der Waals surface area contributed by atoms with Gasteiger partial charge in [-0.15, -0.1) is 0 Å². The van der Waals surface area contributed by atoms with Crippen LogP contribution in [-0.2, 0) is 11.2 Å². The topological polar surface area (TPSA) is 41.6 Å². The number of hydrogen-bond acceptors (Lipinski definition) is 3. The Morgan fingerprint density at radius 3 is 2.71 bits per heavy atom. The van der Waals surface area contributed by atoms with Gasteiger partial charge in [0.1, 0.15) is 5.75 Å². The van der Waals surface area contributed by atoms with Crippen LogP contribution in [0.4, 0.5) is 0 Å². The molecule has 2 rings (SSSR count). The number of carbonyl (C=O) groups is 1. The lowest BCUT2D eigenvalue weighted by molar-refractivity contribution is -0.128. The third-order valence-corrected chi connectivity index (χ3v) is 4.09. The zero-order valence-electron chi connectivity index (χ0n) is 13.3. The van der Waals surface area contributed by atoms with Gasteiger partial charge >= 0.3 is 0 Å². The molecule has 21 heavy (non-hydrogen) atoms. The number of likely N-dealkylation sites (tertiary alicyclic amines) is 1. The molecular formula is C17H26N2O2. The number of nitrogens with one attached hydrogen (secondary N) is 1. The minimum atomic E-state index is -0.461. The number of hydrogen-bond donors (Lipinski definition) is 1. The van der Waals surface area contributed by atoms with E-state index in [0.29, 0.717) is 0 Å². The molecule has 0 saturated carbocycles. The largest absolute Gasteiger partial charge is 0.481 e. The van der Waals surface area contributed by atoms with Gasteiger partial charge in [0.05, 0.1) is 0 Å². The van der Waals surface area contributed by atoms with Gasteiger partial charge < -0.3 is 15.0 Å². The molecule has 0 bridgehead atoms. The average molecular weight is 290 g/mol. The molecule has 1 aromatic rings. The molecule has 1 heterocycles. The number of rotatable bonds is 5. The van der Waals surface area contributed by atoms with Crippen LogP contribution in [0.1, 0.15) is 32.3 Å². The third-order valence-electron chi connectivity index (χ3n) is 4.09. The lowest BCUT2D eigenvalue weighted by atomic mass is 10.1.